The molecular formula is C13H25N3. The number of rotatable bonds is 3. The van der Waals surface area contributed by atoms with Gasteiger partial charge in [0.25, 0.3) is 0 Å². The van der Waals surface area contributed by atoms with E-state index >= 15 is 0 Å². The van der Waals surface area contributed by atoms with Crippen molar-refractivity contribution >= 4 is 0 Å². The lowest BCUT2D eigenvalue weighted by Crippen LogP contribution is -2.59. The van der Waals surface area contributed by atoms with E-state index in [4.69, 9.17) is 0 Å². The Hall–Kier alpha value is -0.540. The Bertz CT molecular complexity index is 235. The fourth-order valence-electron chi connectivity index (χ4n) is 3.00. The van der Waals surface area contributed by atoms with Crippen molar-refractivity contribution in [3.05, 3.63) is 12.3 Å². The average Bonchev–Trinajstić information content (AvgIpc) is 2.54. The molecule has 2 aliphatic rings. The fraction of sp³-hybridized carbons (Fsp3) is 0.846. The number of hydrogen-bond donors (Lipinski definition) is 1. The highest BCUT2D eigenvalue weighted by molar-refractivity contribution is 4.98. The lowest BCUT2D eigenvalue weighted by atomic mass is 10.0. The van der Waals surface area contributed by atoms with Gasteiger partial charge in [-0.15, -0.1) is 0 Å². The zero-order valence-electron chi connectivity index (χ0n) is 10.7. The second kappa shape index (κ2) is 5.69. The lowest BCUT2D eigenvalue weighted by Gasteiger charge is -2.43. The van der Waals surface area contributed by atoms with Crippen LogP contribution < -0.4 is 5.32 Å². The summed E-state index contributed by atoms with van der Waals surface area (Å²) in [5, 5.41) is 3.69. The van der Waals surface area contributed by atoms with Crippen LogP contribution in [0.5, 0.6) is 0 Å². The largest absolute Gasteiger partial charge is 0.361 e. The first-order chi connectivity index (χ1) is 7.86. The van der Waals surface area contributed by atoms with Gasteiger partial charge in [-0.3, -0.25) is 10.2 Å². The Balaban J connectivity index is 2.10. The molecule has 0 bridgehead atoms. The van der Waals surface area contributed by atoms with Crippen LogP contribution in [0.25, 0.3) is 0 Å². The van der Waals surface area contributed by atoms with Crippen molar-refractivity contribution in [3.8, 4) is 0 Å². The van der Waals surface area contributed by atoms with E-state index in [9.17, 15) is 0 Å². The van der Waals surface area contributed by atoms with Crippen LogP contribution in [-0.4, -0.2) is 48.2 Å². The topological polar surface area (TPSA) is 18.5 Å². The van der Waals surface area contributed by atoms with E-state index in [1.54, 1.807) is 0 Å². The molecule has 0 aromatic heterocycles. The molecule has 2 aliphatic heterocycles. The van der Waals surface area contributed by atoms with Gasteiger partial charge in [0.15, 0.2) is 0 Å². The van der Waals surface area contributed by atoms with Crippen LogP contribution in [0.1, 0.15) is 33.1 Å². The summed E-state index contributed by atoms with van der Waals surface area (Å²) in [7, 11) is 0. The fourth-order valence-corrected chi connectivity index (χ4v) is 3.00. The third-order valence-corrected chi connectivity index (χ3v) is 3.88. The van der Waals surface area contributed by atoms with Crippen LogP contribution >= 0.6 is 0 Å². The number of allylic oxidation sites excluding steroid dienone is 1. The van der Waals surface area contributed by atoms with E-state index in [2.05, 4.69) is 41.2 Å². The minimum atomic E-state index is 0.535. The minimum absolute atomic E-state index is 0.535. The highest BCUT2D eigenvalue weighted by Crippen LogP contribution is 2.21. The molecule has 2 unspecified atom stereocenters. The molecular weight excluding hydrogens is 198 g/mol. The Kier molecular flexibility index (Phi) is 4.24. The molecule has 1 N–H and O–H groups in total. The molecule has 3 heteroatoms. The molecule has 0 aromatic carbocycles. The molecule has 3 nitrogen and oxygen atoms in total. The summed E-state index contributed by atoms with van der Waals surface area (Å²) in [5.74, 6) is 0. The summed E-state index contributed by atoms with van der Waals surface area (Å²) in [5.41, 5.74) is 0. The third-order valence-electron chi connectivity index (χ3n) is 3.88. The van der Waals surface area contributed by atoms with Crippen LogP contribution in [0, 0.1) is 0 Å². The standard InChI is InChI=1S/C13H25N3/c1-3-15(4-2)12-8-5-6-10-16-11-7-9-14-13(12)16/h6,10,12-14H,3-5,7-9,11H2,1-2H3. The molecule has 1 saturated heterocycles. The maximum atomic E-state index is 3.69. The third kappa shape index (κ3) is 2.41. The van der Waals surface area contributed by atoms with Crippen LogP contribution in [-0.2, 0) is 0 Å². The zero-order chi connectivity index (χ0) is 11.4. The SMILES string of the molecule is CCN(CC)C1CCC=CN2CCCNC12. The Morgan fingerprint density at radius 3 is 2.94 bits per heavy atom. The van der Waals surface area contributed by atoms with Crippen LogP contribution in [0.4, 0.5) is 0 Å². The van der Waals surface area contributed by atoms with Gasteiger partial charge in [0.05, 0.1) is 6.17 Å². The summed E-state index contributed by atoms with van der Waals surface area (Å²) in [4.78, 5) is 5.10. The summed E-state index contributed by atoms with van der Waals surface area (Å²) in [6, 6.07) is 0.672. The number of hydrogen-bond acceptors (Lipinski definition) is 3. The van der Waals surface area contributed by atoms with Crippen molar-refractivity contribution < 1.29 is 0 Å². The Labute approximate surface area is 99.5 Å². The second-order valence-corrected chi connectivity index (χ2v) is 4.74. The van der Waals surface area contributed by atoms with Gasteiger partial charge in [-0.2, -0.15) is 0 Å². The summed E-state index contributed by atoms with van der Waals surface area (Å²) in [6.45, 7) is 9.25. The molecule has 92 valence electrons. The maximum absolute atomic E-state index is 3.69. The predicted molar refractivity (Wildman–Crippen MR) is 68.2 cm³/mol. The smallest absolute Gasteiger partial charge is 0.0948 e. The predicted octanol–water partition coefficient (Wildman–Crippen LogP) is 1.63. The van der Waals surface area contributed by atoms with Gasteiger partial charge >= 0.3 is 0 Å². The number of nitrogens with one attached hydrogen (secondary N) is 1. The molecule has 0 aliphatic carbocycles. The van der Waals surface area contributed by atoms with Crippen molar-refractivity contribution in [1.29, 1.82) is 0 Å². The van der Waals surface area contributed by atoms with Crippen molar-refractivity contribution in [2.24, 2.45) is 0 Å². The van der Waals surface area contributed by atoms with Crippen molar-refractivity contribution in [2.75, 3.05) is 26.2 Å². The van der Waals surface area contributed by atoms with Crippen molar-refractivity contribution in [3.63, 3.8) is 0 Å². The van der Waals surface area contributed by atoms with Crippen LogP contribution in [0.15, 0.2) is 12.3 Å². The van der Waals surface area contributed by atoms with Gasteiger partial charge in [-0.25, -0.2) is 0 Å². The first-order valence-corrected chi connectivity index (χ1v) is 6.76. The van der Waals surface area contributed by atoms with E-state index in [0.717, 1.165) is 13.1 Å². The first-order valence-electron chi connectivity index (χ1n) is 6.76. The maximum Gasteiger partial charge on any atom is 0.0948 e. The summed E-state index contributed by atoms with van der Waals surface area (Å²) >= 11 is 0. The van der Waals surface area contributed by atoms with Gasteiger partial charge in [0, 0.05) is 12.6 Å². The van der Waals surface area contributed by atoms with E-state index in [1.165, 1.54) is 32.4 Å². The van der Waals surface area contributed by atoms with Crippen LogP contribution in [0.3, 0.4) is 0 Å². The van der Waals surface area contributed by atoms with Gasteiger partial charge in [0.2, 0.25) is 0 Å². The van der Waals surface area contributed by atoms with Crippen molar-refractivity contribution in [2.45, 2.75) is 45.3 Å². The van der Waals surface area contributed by atoms with Gasteiger partial charge in [0.1, 0.15) is 0 Å². The van der Waals surface area contributed by atoms with Gasteiger partial charge in [-0.05, 0) is 45.1 Å². The van der Waals surface area contributed by atoms with E-state index < -0.39 is 0 Å². The molecule has 2 rings (SSSR count). The molecule has 2 atom stereocenters. The molecule has 1 fully saturated rings. The molecule has 2 heterocycles. The molecule has 0 spiro atoms. The zero-order valence-corrected chi connectivity index (χ0v) is 10.7. The first kappa shape index (κ1) is 11.9. The van der Waals surface area contributed by atoms with E-state index in [1.807, 2.05) is 0 Å². The van der Waals surface area contributed by atoms with Gasteiger partial charge < -0.3 is 4.90 Å². The lowest BCUT2D eigenvalue weighted by molar-refractivity contribution is 0.0733. The Morgan fingerprint density at radius 2 is 2.19 bits per heavy atom. The number of fused-ring (bicyclic) bond motifs is 1. The Morgan fingerprint density at radius 1 is 1.38 bits per heavy atom. The highest BCUT2D eigenvalue weighted by atomic mass is 15.3. The molecule has 0 radical (unpaired) electrons. The highest BCUT2D eigenvalue weighted by Gasteiger charge is 2.31. The van der Waals surface area contributed by atoms with Gasteiger partial charge in [-0.1, -0.05) is 19.9 Å². The number of likely N-dealkylation sites (N-methyl/N-ethyl adjacent to an activating group) is 1. The summed E-state index contributed by atoms with van der Waals surface area (Å²) < 4.78 is 0. The van der Waals surface area contributed by atoms with E-state index in [-0.39, 0.29) is 0 Å². The second-order valence-electron chi connectivity index (χ2n) is 4.74. The normalized spacial score (nSPS) is 30.3. The molecule has 0 saturated carbocycles. The number of nitrogens with zero attached hydrogens (tertiary/aromatic N) is 2. The molecule has 16 heavy (non-hydrogen) atoms. The quantitative estimate of drug-likeness (QED) is 0.784. The summed E-state index contributed by atoms with van der Waals surface area (Å²) in [6.07, 6.45) is 8.95. The molecule has 0 aromatic rings. The van der Waals surface area contributed by atoms with Crippen LogP contribution in [0.2, 0.25) is 0 Å². The van der Waals surface area contributed by atoms with Crippen molar-refractivity contribution in [1.82, 2.24) is 15.1 Å². The monoisotopic (exact) mass is 223 g/mol. The van der Waals surface area contributed by atoms with E-state index in [0.29, 0.717) is 12.2 Å². The minimum Gasteiger partial charge on any atom is -0.361 e. The molecule has 0 amide bonds. The average molecular weight is 223 g/mol.